The van der Waals surface area contributed by atoms with Crippen LogP contribution in [-0.2, 0) is 4.79 Å². The van der Waals surface area contributed by atoms with Crippen LogP contribution in [0.15, 0.2) is 46.9 Å². The Kier molecular flexibility index (Phi) is 5.59. The Morgan fingerprint density at radius 2 is 1.89 bits per heavy atom. The molecule has 0 saturated heterocycles. The maximum Gasteiger partial charge on any atom is 0.328 e. The van der Waals surface area contributed by atoms with Gasteiger partial charge in [0.15, 0.2) is 0 Å². The van der Waals surface area contributed by atoms with Gasteiger partial charge in [0.2, 0.25) is 0 Å². The summed E-state index contributed by atoms with van der Waals surface area (Å²) in [7, 11) is 0. The molecule has 0 saturated carbocycles. The predicted molar refractivity (Wildman–Crippen MR) is 79.7 cm³/mol. The lowest BCUT2D eigenvalue weighted by atomic mass is 10.0. The van der Waals surface area contributed by atoms with Crippen molar-refractivity contribution in [2.45, 2.75) is 13.8 Å². The Balaban J connectivity index is 0.000000771. The summed E-state index contributed by atoms with van der Waals surface area (Å²) in [6.45, 7) is 4.00. The minimum absolute atomic E-state index is 0.896. The summed E-state index contributed by atoms with van der Waals surface area (Å²) in [6, 6.07) is 11.8. The summed E-state index contributed by atoms with van der Waals surface area (Å²) < 4.78 is 0.941. The molecule has 18 heavy (non-hydrogen) atoms. The normalized spacial score (nSPS) is 10.2. The van der Waals surface area contributed by atoms with Crippen molar-refractivity contribution in [3.05, 3.63) is 52.5 Å². The van der Waals surface area contributed by atoms with Crippen LogP contribution in [0, 0.1) is 0 Å². The summed E-state index contributed by atoms with van der Waals surface area (Å²) in [5, 5.41) is 10.7. The summed E-state index contributed by atoms with van der Waals surface area (Å²) in [5.74, 6) is -0.941. The molecule has 2 aromatic carbocycles. The third-order valence-corrected chi connectivity index (χ3v) is 2.72. The lowest BCUT2D eigenvalue weighted by Crippen LogP contribution is -1.86. The van der Waals surface area contributed by atoms with E-state index in [2.05, 4.69) is 15.9 Å². The van der Waals surface area contributed by atoms with Crippen LogP contribution < -0.4 is 0 Å². The Bertz CT molecular complexity index is 574. The fraction of sp³-hybridized carbons (Fsp3) is 0.133. The van der Waals surface area contributed by atoms with E-state index in [-0.39, 0.29) is 0 Å². The van der Waals surface area contributed by atoms with E-state index in [1.165, 1.54) is 0 Å². The highest BCUT2D eigenvalue weighted by Crippen LogP contribution is 2.25. The largest absolute Gasteiger partial charge is 0.478 e. The molecule has 0 atom stereocenters. The Morgan fingerprint density at radius 3 is 2.56 bits per heavy atom. The quantitative estimate of drug-likeness (QED) is 0.815. The van der Waals surface area contributed by atoms with E-state index in [4.69, 9.17) is 5.11 Å². The van der Waals surface area contributed by atoms with E-state index in [0.29, 0.717) is 0 Å². The van der Waals surface area contributed by atoms with Gasteiger partial charge in [0.25, 0.3) is 0 Å². The van der Waals surface area contributed by atoms with Gasteiger partial charge in [0, 0.05) is 10.5 Å². The van der Waals surface area contributed by atoms with Crippen LogP contribution >= 0.6 is 15.9 Å². The highest BCUT2D eigenvalue weighted by atomic mass is 79.9. The van der Waals surface area contributed by atoms with E-state index in [9.17, 15) is 4.79 Å². The van der Waals surface area contributed by atoms with Gasteiger partial charge in [-0.15, -0.1) is 0 Å². The molecule has 0 amide bonds. The van der Waals surface area contributed by atoms with Crippen LogP contribution in [0.5, 0.6) is 0 Å². The summed E-state index contributed by atoms with van der Waals surface area (Å²) >= 11 is 3.41. The van der Waals surface area contributed by atoms with Gasteiger partial charge in [-0.2, -0.15) is 0 Å². The number of benzene rings is 2. The van der Waals surface area contributed by atoms with Crippen molar-refractivity contribution >= 4 is 38.7 Å². The van der Waals surface area contributed by atoms with Gasteiger partial charge in [-0.05, 0) is 34.5 Å². The van der Waals surface area contributed by atoms with E-state index in [1.807, 2.05) is 50.2 Å². The average molecular weight is 307 g/mol. The van der Waals surface area contributed by atoms with Gasteiger partial charge >= 0.3 is 5.97 Å². The van der Waals surface area contributed by atoms with Gasteiger partial charge in [0.05, 0.1) is 0 Å². The second kappa shape index (κ2) is 6.97. The molecular formula is C15H15BrO2. The van der Waals surface area contributed by atoms with Crippen LogP contribution in [-0.4, -0.2) is 11.1 Å². The molecule has 0 aromatic heterocycles. The van der Waals surface area contributed by atoms with Gasteiger partial charge in [-0.1, -0.05) is 54.0 Å². The number of hydrogen-bond acceptors (Lipinski definition) is 1. The standard InChI is InChI=1S/C13H9BrO2.C2H6/c14-11-7-9-3-1-2-4-12(9)10(8-11)5-6-13(15)16;1-2/h1-8H,(H,15,16);1-2H3/b6-5+;. The maximum absolute atomic E-state index is 10.5. The number of carboxylic acids is 1. The molecule has 0 heterocycles. The van der Waals surface area contributed by atoms with Crippen molar-refractivity contribution in [2.75, 3.05) is 0 Å². The van der Waals surface area contributed by atoms with Gasteiger partial charge in [-0.3, -0.25) is 0 Å². The average Bonchev–Trinajstić information content (AvgIpc) is 2.38. The molecule has 1 N–H and O–H groups in total. The third kappa shape index (κ3) is 3.70. The van der Waals surface area contributed by atoms with Gasteiger partial charge in [-0.25, -0.2) is 4.79 Å². The topological polar surface area (TPSA) is 37.3 Å². The van der Waals surface area contributed by atoms with Crippen molar-refractivity contribution in [1.82, 2.24) is 0 Å². The monoisotopic (exact) mass is 306 g/mol. The molecule has 0 aliphatic carbocycles. The van der Waals surface area contributed by atoms with Crippen LogP contribution in [0.2, 0.25) is 0 Å². The SMILES string of the molecule is CC.O=C(O)/C=C/c1cc(Br)cc2ccccc12. The summed E-state index contributed by atoms with van der Waals surface area (Å²) in [4.78, 5) is 10.5. The zero-order chi connectivity index (χ0) is 13.5. The van der Waals surface area contributed by atoms with Crippen molar-refractivity contribution < 1.29 is 9.90 Å². The number of fused-ring (bicyclic) bond motifs is 1. The molecule has 0 bridgehead atoms. The number of carbonyl (C=O) groups is 1. The highest BCUT2D eigenvalue weighted by Gasteiger charge is 2.00. The first-order chi connectivity index (χ1) is 8.66. The predicted octanol–water partition coefficient (Wildman–Crippen LogP) is 4.73. The number of carboxylic acid groups (broad SMARTS) is 1. The number of hydrogen-bond donors (Lipinski definition) is 1. The minimum Gasteiger partial charge on any atom is -0.478 e. The first-order valence-corrected chi connectivity index (χ1v) is 6.55. The number of aliphatic carboxylic acids is 1. The first kappa shape index (κ1) is 14.5. The van der Waals surface area contributed by atoms with Crippen molar-refractivity contribution in [2.24, 2.45) is 0 Å². The smallest absolute Gasteiger partial charge is 0.328 e. The molecule has 2 nitrogen and oxygen atoms in total. The van der Waals surface area contributed by atoms with Crippen LogP contribution in [0.4, 0.5) is 0 Å². The molecule has 0 fully saturated rings. The Labute approximate surface area is 115 Å². The molecule has 0 aliphatic rings. The summed E-state index contributed by atoms with van der Waals surface area (Å²) in [6.07, 6.45) is 2.75. The van der Waals surface area contributed by atoms with E-state index < -0.39 is 5.97 Å². The van der Waals surface area contributed by atoms with Crippen molar-refractivity contribution in [3.63, 3.8) is 0 Å². The Morgan fingerprint density at radius 1 is 1.22 bits per heavy atom. The molecule has 2 rings (SSSR count). The molecule has 3 heteroatoms. The Hall–Kier alpha value is -1.61. The van der Waals surface area contributed by atoms with Crippen LogP contribution in [0.25, 0.3) is 16.8 Å². The molecule has 2 aromatic rings. The van der Waals surface area contributed by atoms with Crippen LogP contribution in [0.1, 0.15) is 19.4 Å². The molecular weight excluding hydrogens is 292 g/mol. The third-order valence-electron chi connectivity index (χ3n) is 2.26. The van der Waals surface area contributed by atoms with Gasteiger partial charge < -0.3 is 5.11 Å². The highest BCUT2D eigenvalue weighted by molar-refractivity contribution is 9.10. The zero-order valence-electron chi connectivity index (χ0n) is 10.4. The van der Waals surface area contributed by atoms with Crippen LogP contribution in [0.3, 0.4) is 0 Å². The molecule has 0 aliphatic heterocycles. The van der Waals surface area contributed by atoms with Gasteiger partial charge in [0.1, 0.15) is 0 Å². The lowest BCUT2D eigenvalue weighted by molar-refractivity contribution is -0.131. The number of rotatable bonds is 2. The van der Waals surface area contributed by atoms with Crippen molar-refractivity contribution in [3.8, 4) is 0 Å². The van der Waals surface area contributed by atoms with Crippen molar-refractivity contribution in [1.29, 1.82) is 0 Å². The fourth-order valence-electron chi connectivity index (χ4n) is 1.60. The maximum atomic E-state index is 10.5. The number of halogens is 1. The molecule has 0 unspecified atom stereocenters. The zero-order valence-corrected chi connectivity index (χ0v) is 11.9. The fourth-order valence-corrected chi connectivity index (χ4v) is 2.09. The molecule has 0 spiro atoms. The second-order valence-electron chi connectivity index (χ2n) is 3.39. The lowest BCUT2D eigenvalue weighted by Gasteiger charge is -2.03. The minimum atomic E-state index is -0.941. The second-order valence-corrected chi connectivity index (χ2v) is 4.30. The van der Waals surface area contributed by atoms with E-state index in [1.54, 1.807) is 6.08 Å². The van der Waals surface area contributed by atoms with E-state index in [0.717, 1.165) is 26.9 Å². The molecule has 0 radical (unpaired) electrons. The van der Waals surface area contributed by atoms with E-state index >= 15 is 0 Å². The first-order valence-electron chi connectivity index (χ1n) is 5.76. The molecule has 94 valence electrons. The summed E-state index contributed by atoms with van der Waals surface area (Å²) in [5.41, 5.74) is 0.896.